The van der Waals surface area contributed by atoms with Crippen LogP contribution in [0.1, 0.15) is 47.7 Å². The smallest absolute Gasteiger partial charge is 0.266 e. The van der Waals surface area contributed by atoms with Crippen molar-refractivity contribution in [1.82, 2.24) is 9.88 Å². The number of aromatic amines is 1. The van der Waals surface area contributed by atoms with Gasteiger partial charge >= 0.3 is 0 Å². The second-order valence-corrected chi connectivity index (χ2v) is 7.76. The van der Waals surface area contributed by atoms with Crippen molar-refractivity contribution < 1.29 is 0 Å². The molecule has 136 valence electrons. The monoisotopic (exact) mass is 349 g/mol. The molecule has 2 heterocycles. The summed E-state index contributed by atoms with van der Waals surface area (Å²) in [6.45, 7) is 11.6. The summed E-state index contributed by atoms with van der Waals surface area (Å²) in [4.78, 5) is 17.5. The zero-order valence-electron chi connectivity index (χ0n) is 16.1. The second kappa shape index (κ2) is 7.47. The van der Waals surface area contributed by atoms with Gasteiger partial charge in [-0.2, -0.15) is 5.26 Å². The third-order valence-electron chi connectivity index (χ3n) is 5.36. The minimum Gasteiger partial charge on any atom is -0.325 e. The van der Waals surface area contributed by atoms with Crippen molar-refractivity contribution in [3.63, 3.8) is 0 Å². The second-order valence-electron chi connectivity index (χ2n) is 7.76. The van der Waals surface area contributed by atoms with Crippen molar-refractivity contribution >= 4 is 0 Å². The number of hydrogen-bond acceptors (Lipinski definition) is 3. The quantitative estimate of drug-likeness (QED) is 0.908. The molecule has 0 bridgehead atoms. The van der Waals surface area contributed by atoms with E-state index in [9.17, 15) is 10.1 Å². The van der Waals surface area contributed by atoms with Crippen LogP contribution in [0.3, 0.4) is 0 Å². The van der Waals surface area contributed by atoms with E-state index in [0.717, 1.165) is 53.5 Å². The lowest BCUT2D eigenvalue weighted by molar-refractivity contribution is 0.176. The molecule has 1 aromatic carbocycles. The number of nitriles is 1. The molecule has 1 aromatic heterocycles. The standard InChI is InChI=1S/C22H27N3O/c1-14-6-5-7-25(12-14)13-18-8-15(2)9-19(17(18)4)20-10-16(3)24-22(26)21(20)11-23/h8-10,14H,5-7,12-13H2,1-4H3,(H,24,26). The van der Waals surface area contributed by atoms with Gasteiger partial charge in [0.25, 0.3) is 5.56 Å². The highest BCUT2D eigenvalue weighted by Crippen LogP contribution is 2.30. The van der Waals surface area contributed by atoms with Crippen LogP contribution in [0.5, 0.6) is 0 Å². The molecule has 0 radical (unpaired) electrons. The van der Waals surface area contributed by atoms with E-state index in [1.807, 2.05) is 13.0 Å². The van der Waals surface area contributed by atoms with Crippen LogP contribution in [-0.2, 0) is 6.54 Å². The number of nitrogens with zero attached hydrogens (tertiary/aromatic N) is 2. The summed E-state index contributed by atoms with van der Waals surface area (Å²) >= 11 is 0. The molecule has 4 nitrogen and oxygen atoms in total. The maximum absolute atomic E-state index is 12.2. The molecule has 0 saturated carbocycles. The van der Waals surface area contributed by atoms with E-state index >= 15 is 0 Å². The SMILES string of the molecule is Cc1cc(CN2CCCC(C)C2)c(C)c(-c2cc(C)[nH]c(=O)c2C#N)c1. The number of likely N-dealkylation sites (tertiary alicyclic amines) is 1. The van der Waals surface area contributed by atoms with Gasteiger partial charge in [-0.25, -0.2) is 0 Å². The summed E-state index contributed by atoms with van der Waals surface area (Å²) in [7, 11) is 0. The molecule has 1 N–H and O–H groups in total. The lowest BCUT2D eigenvalue weighted by atomic mass is 9.91. The van der Waals surface area contributed by atoms with E-state index in [0.29, 0.717) is 0 Å². The Labute approximate surface area is 155 Å². The molecular weight excluding hydrogens is 322 g/mol. The van der Waals surface area contributed by atoms with Gasteiger partial charge in [0, 0.05) is 24.3 Å². The van der Waals surface area contributed by atoms with Crippen LogP contribution in [0, 0.1) is 38.0 Å². The maximum atomic E-state index is 12.2. The highest BCUT2D eigenvalue weighted by atomic mass is 16.1. The minimum atomic E-state index is -0.310. The van der Waals surface area contributed by atoms with E-state index in [1.54, 1.807) is 0 Å². The fraction of sp³-hybridized carbons (Fsp3) is 0.455. The molecule has 0 aliphatic carbocycles. The highest BCUT2D eigenvalue weighted by molar-refractivity contribution is 5.74. The Hall–Kier alpha value is -2.38. The first-order chi connectivity index (χ1) is 12.4. The molecule has 1 fully saturated rings. The predicted octanol–water partition coefficient (Wildman–Crippen LogP) is 4.07. The lowest BCUT2D eigenvalue weighted by Crippen LogP contribution is -2.34. The number of pyridine rings is 1. The lowest BCUT2D eigenvalue weighted by Gasteiger charge is -2.31. The Morgan fingerprint density at radius 3 is 2.69 bits per heavy atom. The van der Waals surface area contributed by atoms with Crippen molar-refractivity contribution in [3.8, 4) is 17.2 Å². The molecule has 0 amide bonds. The Kier molecular flexibility index (Phi) is 5.29. The predicted molar refractivity (Wildman–Crippen MR) is 105 cm³/mol. The number of piperidine rings is 1. The average molecular weight is 349 g/mol. The van der Waals surface area contributed by atoms with Gasteiger partial charge in [-0.05, 0) is 68.8 Å². The maximum Gasteiger partial charge on any atom is 0.266 e. The van der Waals surface area contributed by atoms with Gasteiger partial charge in [0.1, 0.15) is 11.6 Å². The normalized spacial score (nSPS) is 17.9. The summed E-state index contributed by atoms with van der Waals surface area (Å²) in [5.41, 5.74) is 6.01. The topological polar surface area (TPSA) is 59.9 Å². The van der Waals surface area contributed by atoms with E-state index in [-0.39, 0.29) is 11.1 Å². The minimum absolute atomic E-state index is 0.196. The molecule has 1 unspecified atom stereocenters. The summed E-state index contributed by atoms with van der Waals surface area (Å²) in [5.74, 6) is 0.744. The molecule has 1 atom stereocenters. The van der Waals surface area contributed by atoms with Crippen LogP contribution in [0.25, 0.3) is 11.1 Å². The number of hydrogen-bond donors (Lipinski definition) is 1. The van der Waals surface area contributed by atoms with Gasteiger partial charge < -0.3 is 4.98 Å². The van der Waals surface area contributed by atoms with Crippen molar-refractivity contribution in [2.45, 2.75) is 47.1 Å². The third-order valence-corrected chi connectivity index (χ3v) is 5.36. The zero-order chi connectivity index (χ0) is 18.8. The molecule has 1 aliphatic rings. The van der Waals surface area contributed by atoms with Crippen LogP contribution in [0.4, 0.5) is 0 Å². The van der Waals surface area contributed by atoms with Crippen LogP contribution < -0.4 is 5.56 Å². The van der Waals surface area contributed by atoms with Crippen LogP contribution in [0.2, 0.25) is 0 Å². The van der Waals surface area contributed by atoms with Gasteiger partial charge in [-0.1, -0.05) is 24.6 Å². The Morgan fingerprint density at radius 2 is 2.00 bits per heavy atom. The molecule has 26 heavy (non-hydrogen) atoms. The van der Waals surface area contributed by atoms with Crippen LogP contribution in [-0.4, -0.2) is 23.0 Å². The fourth-order valence-electron chi connectivity index (χ4n) is 4.06. The van der Waals surface area contributed by atoms with Crippen molar-refractivity contribution in [3.05, 3.63) is 56.5 Å². The highest BCUT2D eigenvalue weighted by Gasteiger charge is 2.19. The molecule has 1 saturated heterocycles. The Morgan fingerprint density at radius 1 is 1.23 bits per heavy atom. The van der Waals surface area contributed by atoms with Crippen LogP contribution >= 0.6 is 0 Å². The number of nitrogens with one attached hydrogen (secondary N) is 1. The molecule has 3 rings (SSSR count). The third kappa shape index (κ3) is 3.73. The summed E-state index contributed by atoms with van der Waals surface area (Å²) in [6.07, 6.45) is 2.57. The van der Waals surface area contributed by atoms with Gasteiger partial charge in [0.15, 0.2) is 0 Å². The molecule has 1 aliphatic heterocycles. The van der Waals surface area contributed by atoms with Crippen molar-refractivity contribution in [1.29, 1.82) is 5.26 Å². The Balaban J connectivity index is 2.06. The van der Waals surface area contributed by atoms with Gasteiger partial charge in [0.2, 0.25) is 0 Å². The first-order valence-electron chi connectivity index (χ1n) is 9.36. The van der Waals surface area contributed by atoms with Crippen molar-refractivity contribution in [2.24, 2.45) is 5.92 Å². The number of aryl methyl sites for hydroxylation is 2. The molecule has 0 spiro atoms. The first-order valence-corrected chi connectivity index (χ1v) is 9.36. The fourth-order valence-corrected chi connectivity index (χ4v) is 4.06. The first kappa shape index (κ1) is 18.4. The van der Waals surface area contributed by atoms with Gasteiger partial charge in [0.05, 0.1) is 0 Å². The summed E-state index contributed by atoms with van der Waals surface area (Å²) in [6, 6.07) is 8.33. The molecular formula is C22H27N3O. The Bertz CT molecular complexity index is 920. The average Bonchev–Trinajstić information content (AvgIpc) is 2.57. The van der Waals surface area contributed by atoms with Crippen molar-refractivity contribution in [2.75, 3.05) is 13.1 Å². The van der Waals surface area contributed by atoms with E-state index in [4.69, 9.17) is 0 Å². The van der Waals surface area contributed by atoms with E-state index < -0.39 is 0 Å². The molecule has 4 heteroatoms. The number of aromatic nitrogens is 1. The largest absolute Gasteiger partial charge is 0.325 e. The number of benzene rings is 1. The van der Waals surface area contributed by atoms with E-state index in [2.05, 4.69) is 48.9 Å². The number of H-pyrrole nitrogens is 1. The van der Waals surface area contributed by atoms with Gasteiger partial charge in [-0.3, -0.25) is 9.69 Å². The summed E-state index contributed by atoms with van der Waals surface area (Å²) in [5, 5.41) is 9.49. The number of rotatable bonds is 3. The van der Waals surface area contributed by atoms with E-state index in [1.165, 1.54) is 18.4 Å². The molecule has 2 aromatic rings. The van der Waals surface area contributed by atoms with Crippen LogP contribution in [0.15, 0.2) is 23.0 Å². The van der Waals surface area contributed by atoms with Gasteiger partial charge in [-0.15, -0.1) is 0 Å². The summed E-state index contributed by atoms with van der Waals surface area (Å²) < 4.78 is 0. The zero-order valence-corrected chi connectivity index (χ0v) is 16.1.